The number of benzene rings is 2. The number of rotatable bonds is 5. The van der Waals surface area contributed by atoms with E-state index in [2.05, 4.69) is 26.5 Å². The highest BCUT2D eigenvalue weighted by Crippen LogP contribution is 2.22. The third-order valence-electron chi connectivity index (χ3n) is 2.68. The second kappa shape index (κ2) is 6.85. The predicted molar refractivity (Wildman–Crippen MR) is 85.0 cm³/mol. The van der Waals surface area contributed by atoms with Gasteiger partial charge in [0.15, 0.2) is 0 Å². The summed E-state index contributed by atoms with van der Waals surface area (Å²) in [7, 11) is 1.60. The number of nitrogens with zero attached hydrogens (tertiary/aromatic N) is 2. The molecule has 0 saturated carbocycles. The molecule has 0 unspecified atom stereocenters. The maximum atomic E-state index is 10.6. The lowest BCUT2D eigenvalue weighted by molar-refractivity contribution is -0.384. The summed E-state index contributed by atoms with van der Waals surface area (Å²) in [5, 5.41) is 14.7. The molecule has 0 aromatic heterocycles. The molecule has 0 aliphatic heterocycles. The van der Waals surface area contributed by atoms with E-state index in [-0.39, 0.29) is 5.69 Å². The van der Waals surface area contributed by atoms with Crippen molar-refractivity contribution in [2.24, 2.45) is 5.10 Å². The van der Waals surface area contributed by atoms with Crippen LogP contribution in [0, 0.1) is 10.1 Å². The van der Waals surface area contributed by atoms with Gasteiger partial charge in [0.05, 0.1) is 23.9 Å². The molecule has 0 saturated heterocycles. The molecule has 2 rings (SSSR count). The SMILES string of the molecule is COc1ccc(N/N=C/c2ccc([N+](=O)[O-])cc2Br)cc1. The molecule has 0 atom stereocenters. The minimum absolute atomic E-state index is 0.0298. The van der Waals surface area contributed by atoms with E-state index in [9.17, 15) is 10.1 Å². The van der Waals surface area contributed by atoms with Gasteiger partial charge < -0.3 is 4.74 Å². The number of ether oxygens (including phenoxy) is 1. The molecule has 0 bridgehead atoms. The van der Waals surface area contributed by atoms with Crippen LogP contribution in [0.2, 0.25) is 0 Å². The Labute approximate surface area is 129 Å². The lowest BCUT2D eigenvalue weighted by Gasteiger charge is -2.02. The van der Waals surface area contributed by atoms with Gasteiger partial charge in [-0.3, -0.25) is 15.5 Å². The molecule has 1 N–H and O–H groups in total. The van der Waals surface area contributed by atoms with Crippen LogP contribution in [-0.4, -0.2) is 18.2 Å². The molecule has 0 spiro atoms. The first kappa shape index (κ1) is 15.0. The van der Waals surface area contributed by atoms with E-state index in [0.717, 1.165) is 17.0 Å². The summed E-state index contributed by atoms with van der Waals surface area (Å²) in [4.78, 5) is 10.2. The number of nitro benzene ring substituents is 1. The highest BCUT2D eigenvalue weighted by atomic mass is 79.9. The summed E-state index contributed by atoms with van der Waals surface area (Å²) in [5.74, 6) is 0.766. The fraction of sp³-hybridized carbons (Fsp3) is 0.0714. The molecule has 0 heterocycles. The third kappa shape index (κ3) is 4.03. The van der Waals surface area contributed by atoms with Crippen molar-refractivity contribution < 1.29 is 9.66 Å². The average molecular weight is 350 g/mol. The lowest BCUT2D eigenvalue weighted by Crippen LogP contribution is -1.93. The van der Waals surface area contributed by atoms with E-state index in [1.54, 1.807) is 19.4 Å². The quantitative estimate of drug-likeness (QED) is 0.505. The minimum Gasteiger partial charge on any atom is -0.497 e. The molecular formula is C14H12BrN3O3. The van der Waals surface area contributed by atoms with Gasteiger partial charge in [0.2, 0.25) is 0 Å². The highest BCUT2D eigenvalue weighted by molar-refractivity contribution is 9.10. The van der Waals surface area contributed by atoms with Crippen LogP contribution in [0.3, 0.4) is 0 Å². The first-order chi connectivity index (χ1) is 10.1. The Morgan fingerprint density at radius 1 is 1.29 bits per heavy atom. The maximum Gasteiger partial charge on any atom is 0.270 e. The van der Waals surface area contributed by atoms with Crippen molar-refractivity contribution in [3.63, 3.8) is 0 Å². The summed E-state index contributed by atoms with van der Waals surface area (Å²) in [6.07, 6.45) is 1.58. The van der Waals surface area contributed by atoms with Crippen molar-refractivity contribution in [1.29, 1.82) is 0 Å². The number of anilines is 1. The van der Waals surface area contributed by atoms with Gasteiger partial charge in [-0.2, -0.15) is 5.10 Å². The largest absolute Gasteiger partial charge is 0.497 e. The van der Waals surface area contributed by atoms with Crippen molar-refractivity contribution >= 4 is 33.5 Å². The van der Waals surface area contributed by atoms with Gasteiger partial charge in [0.1, 0.15) is 5.75 Å². The number of hydrogen-bond acceptors (Lipinski definition) is 5. The van der Waals surface area contributed by atoms with Crippen molar-refractivity contribution in [1.82, 2.24) is 0 Å². The molecule has 0 fully saturated rings. The number of methoxy groups -OCH3 is 1. The molecule has 0 aliphatic rings. The minimum atomic E-state index is -0.443. The van der Waals surface area contributed by atoms with Gasteiger partial charge in [-0.05, 0) is 46.3 Å². The first-order valence-electron chi connectivity index (χ1n) is 5.97. The number of hydrazone groups is 1. The van der Waals surface area contributed by atoms with Crippen molar-refractivity contribution in [3.8, 4) is 5.75 Å². The van der Waals surface area contributed by atoms with Crippen LogP contribution in [0.15, 0.2) is 52.0 Å². The van der Waals surface area contributed by atoms with Gasteiger partial charge in [0.25, 0.3) is 5.69 Å². The molecule has 2 aromatic carbocycles. The van der Waals surface area contributed by atoms with Crippen LogP contribution >= 0.6 is 15.9 Å². The van der Waals surface area contributed by atoms with Crippen LogP contribution in [0.4, 0.5) is 11.4 Å². The van der Waals surface area contributed by atoms with E-state index in [0.29, 0.717) is 4.47 Å². The Hall–Kier alpha value is -2.41. The molecule has 6 nitrogen and oxygen atoms in total. The fourth-order valence-electron chi connectivity index (χ4n) is 1.58. The van der Waals surface area contributed by atoms with E-state index >= 15 is 0 Å². The topological polar surface area (TPSA) is 76.8 Å². The number of hydrogen-bond donors (Lipinski definition) is 1. The fourth-order valence-corrected chi connectivity index (χ4v) is 2.05. The smallest absolute Gasteiger partial charge is 0.270 e. The first-order valence-corrected chi connectivity index (χ1v) is 6.76. The molecule has 21 heavy (non-hydrogen) atoms. The number of nitro groups is 1. The Morgan fingerprint density at radius 3 is 2.57 bits per heavy atom. The molecule has 7 heteroatoms. The zero-order valence-corrected chi connectivity index (χ0v) is 12.7. The molecule has 2 aromatic rings. The summed E-state index contributed by atoms with van der Waals surface area (Å²) >= 11 is 3.28. The zero-order valence-electron chi connectivity index (χ0n) is 11.1. The van der Waals surface area contributed by atoms with E-state index in [1.807, 2.05) is 24.3 Å². The molecule has 108 valence electrons. The van der Waals surface area contributed by atoms with Crippen molar-refractivity contribution in [2.75, 3.05) is 12.5 Å². The van der Waals surface area contributed by atoms with Gasteiger partial charge in [-0.15, -0.1) is 0 Å². The lowest BCUT2D eigenvalue weighted by atomic mass is 10.2. The summed E-state index contributed by atoms with van der Waals surface area (Å²) in [6.45, 7) is 0. The van der Waals surface area contributed by atoms with Crippen LogP contribution < -0.4 is 10.2 Å². The van der Waals surface area contributed by atoms with Gasteiger partial charge in [-0.25, -0.2) is 0 Å². The summed E-state index contributed by atoms with van der Waals surface area (Å²) in [6, 6.07) is 11.8. The molecule has 0 aliphatic carbocycles. The second-order valence-corrected chi connectivity index (χ2v) is 4.92. The Morgan fingerprint density at radius 2 is 2.00 bits per heavy atom. The zero-order chi connectivity index (χ0) is 15.2. The number of nitrogens with one attached hydrogen (secondary N) is 1. The van der Waals surface area contributed by atoms with Gasteiger partial charge >= 0.3 is 0 Å². The van der Waals surface area contributed by atoms with Crippen LogP contribution in [0.1, 0.15) is 5.56 Å². The van der Waals surface area contributed by atoms with E-state index in [1.165, 1.54) is 12.1 Å². The molecular weight excluding hydrogens is 338 g/mol. The number of non-ortho nitro benzene ring substituents is 1. The highest BCUT2D eigenvalue weighted by Gasteiger charge is 2.07. The van der Waals surface area contributed by atoms with Gasteiger partial charge in [-0.1, -0.05) is 0 Å². The van der Waals surface area contributed by atoms with Crippen molar-refractivity contribution in [2.45, 2.75) is 0 Å². The van der Waals surface area contributed by atoms with Gasteiger partial charge in [0, 0.05) is 22.2 Å². The molecule has 0 amide bonds. The van der Waals surface area contributed by atoms with E-state index < -0.39 is 4.92 Å². The maximum absolute atomic E-state index is 10.6. The Kier molecular flexibility index (Phi) is 4.89. The van der Waals surface area contributed by atoms with Crippen LogP contribution in [-0.2, 0) is 0 Å². The third-order valence-corrected chi connectivity index (χ3v) is 3.37. The van der Waals surface area contributed by atoms with Crippen molar-refractivity contribution in [3.05, 3.63) is 62.6 Å². The number of halogens is 1. The monoisotopic (exact) mass is 349 g/mol. The van der Waals surface area contributed by atoms with Crippen LogP contribution in [0.25, 0.3) is 0 Å². The summed E-state index contributed by atoms with van der Waals surface area (Å²) < 4.78 is 5.67. The average Bonchev–Trinajstić information content (AvgIpc) is 2.49. The van der Waals surface area contributed by atoms with Crippen LogP contribution in [0.5, 0.6) is 5.75 Å². The summed E-state index contributed by atoms with van der Waals surface area (Å²) in [5.41, 5.74) is 4.45. The Balaban J connectivity index is 2.05. The molecule has 0 radical (unpaired) electrons. The second-order valence-electron chi connectivity index (χ2n) is 4.06. The normalized spacial score (nSPS) is 10.6. The Bertz CT molecular complexity index is 672. The standard InChI is InChI=1S/C14H12BrN3O3/c1-21-13-6-3-11(4-7-13)17-16-9-10-2-5-12(18(19)20)8-14(10)15/h2-9,17H,1H3/b16-9+. The predicted octanol–water partition coefficient (Wildman–Crippen LogP) is 3.81. The van der Waals surface area contributed by atoms with E-state index in [4.69, 9.17) is 4.74 Å².